The predicted molar refractivity (Wildman–Crippen MR) is 81.4 cm³/mol. The summed E-state index contributed by atoms with van der Waals surface area (Å²) in [6.07, 6.45) is 1.79. The van der Waals surface area contributed by atoms with E-state index < -0.39 is 0 Å². The third kappa shape index (κ3) is 4.72. The number of hydrogen-bond acceptors (Lipinski definition) is 4. The number of ether oxygens (including phenoxy) is 2. The van der Waals surface area contributed by atoms with Gasteiger partial charge in [0, 0.05) is 30.9 Å². The van der Waals surface area contributed by atoms with Crippen LogP contribution in [-0.2, 0) is 9.53 Å². The Morgan fingerprint density at radius 1 is 1.38 bits per heavy atom. The summed E-state index contributed by atoms with van der Waals surface area (Å²) in [5, 5.41) is 6.28. The molecule has 0 saturated carbocycles. The summed E-state index contributed by atoms with van der Waals surface area (Å²) >= 11 is 0. The number of benzene rings is 1. The SMILES string of the molecule is COc1ccccc1[C@@H](C)NCC(=O)NC1CCOCC1. The first-order valence-electron chi connectivity index (χ1n) is 7.44. The van der Waals surface area contributed by atoms with Crippen molar-refractivity contribution in [3.8, 4) is 5.75 Å². The molecule has 1 amide bonds. The van der Waals surface area contributed by atoms with Crippen LogP contribution in [0.15, 0.2) is 24.3 Å². The van der Waals surface area contributed by atoms with Gasteiger partial charge in [0.05, 0.1) is 13.7 Å². The topological polar surface area (TPSA) is 59.6 Å². The molecule has 0 unspecified atom stereocenters. The molecule has 21 heavy (non-hydrogen) atoms. The maximum absolute atomic E-state index is 12.0. The highest BCUT2D eigenvalue weighted by molar-refractivity contribution is 5.78. The minimum absolute atomic E-state index is 0.0312. The van der Waals surface area contributed by atoms with E-state index in [1.54, 1.807) is 7.11 Å². The van der Waals surface area contributed by atoms with Crippen molar-refractivity contribution >= 4 is 5.91 Å². The maximum Gasteiger partial charge on any atom is 0.234 e. The van der Waals surface area contributed by atoms with Crippen LogP contribution in [0.4, 0.5) is 0 Å². The molecule has 1 heterocycles. The fourth-order valence-corrected chi connectivity index (χ4v) is 2.50. The third-order valence-corrected chi connectivity index (χ3v) is 3.76. The average Bonchev–Trinajstić information content (AvgIpc) is 2.53. The molecule has 1 fully saturated rings. The number of carbonyl (C=O) groups excluding carboxylic acids is 1. The van der Waals surface area contributed by atoms with Crippen LogP contribution in [0.3, 0.4) is 0 Å². The second-order valence-corrected chi connectivity index (χ2v) is 5.30. The standard InChI is InChI=1S/C16H24N2O3/c1-12(14-5-3-4-6-15(14)20-2)17-11-16(19)18-13-7-9-21-10-8-13/h3-6,12-13,17H,7-11H2,1-2H3,(H,18,19)/t12-/m1/s1. The van der Waals surface area contributed by atoms with Crippen molar-refractivity contribution in [2.24, 2.45) is 0 Å². The molecule has 0 aromatic heterocycles. The van der Waals surface area contributed by atoms with Crippen LogP contribution in [0.5, 0.6) is 5.75 Å². The van der Waals surface area contributed by atoms with Gasteiger partial charge in [-0.15, -0.1) is 0 Å². The second-order valence-electron chi connectivity index (χ2n) is 5.30. The van der Waals surface area contributed by atoms with Gasteiger partial charge >= 0.3 is 0 Å². The molecule has 0 aliphatic carbocycles. The number of hydrogen-bond donors (Lipinski definition) is 2. The molecule has 1 aromatic rings. The number of nitrogens with one attached hydrogen (secondary N) is 2. The normalized spacial score (nSPS) is 17.2. The van der Waals surface area contributed by atoms with Gasteiger partial charge in [-0.25, -0.2) is 0 Å². The van der Waals surface area contributed by atoms with Gasteiger partial charge in [0.15, 0.2) is 0 Å². The zero-order chi connectivity index (χ0) is 15.1. The molecule has 1 aliphatic rings. The summed E-state index contributed by atoms with van der Waals surface area (Å²) in [6.45, 7) is 3.79. The number of para-hydroxylation sites is 1. The Morgan fingerprint density at radius 3 is 2.81 bits per heavy atom. The van der Waals surface area contributed by atoms with Crippen molar-refractivity contribution in [2.45, 2.75) is 31.8 Å². The van der Waals surface area contributed by atoms with E-state index in [1.807, 2.05) is 31.2 Å². The zero-order valence-corrected chi connectivity index (χ0v) is 12.7. The largest absolute Gasteiger partial charge is 0.496 e. The van der Waals surface area contributed by atoms with Gasteiger partial charge in [-0.2, -0.15) is 0 Å². The van der Waals surface area contributed by atoms with Gasteiger partial charge in [0.1, 0.15) is 5.75 Å². The van der Waals surface area contributed by atoms with Gasteiger partial charge in [-0.1, -0.05) is 18.2 Å². The van der Waals surface area contributed by atoms with E-state index in [9.17, 15) is 4.79 Å². The van der Waals surface area contributed by atoms with Crippen molar-refractivity contribution in [2.75, 3.05) is 26.9 Å². The summed E-state index contributed by atoms with van der Waals surface area (Å²) in [5.74, 6) is 0.867. The zero-order valence-electron chi connectivity index (χ0n) is 12.7. The lowest BCUT2D eigenvalue weighted by Gasteiger charge is -2.24. The molecule has 5 heteroatoms. The van der Waals surface area contributed by atoms with Crippen molar-refractivity contribution in [1.82, 2.24) is 10.6 Å². The van der Waals surface area contributed by atoms with Crippen LogP contribution in [-0.4, -0.2) is 38.8 Å². The third-order valence-electron chi connectivity index (χ3n) is 3.76. The first-order valence-corrected chi connectivity index (χ1v) is 7.44. The molecule has 0 radical (unpaired) electrons. The molecular formula is C16H24N2O3. The number of methoxy groups -OCH3 is 1. The molecule has 0 spiro atoms. The van der Waals surface area contributed by atoms with Crippen LogP contribution in [0.2, 0.25) is 0 Å². The van der Waals surface area contributed by atoms with E-state index in [2.05, 4.69) is 10.6 Å². The Kier molecular flexibility index (Phi) is 6.02. The summed E-state index contributed by atoms with van der Waals surface area (Å²) in [4.78, 5) is 12.0. The van der Waals surface area contributed by atoms with E-state index in [-0.39, 0.29) is 18.0 Å². The van der Waals surface area contributed by atoms with Crippen LogP contribution < -0.4 is 15.4 Å². The smallest absolute Gasteiger partial charge is 0.234 e. The molecule has 5 nitrogen and oxygen atoms in total. The van der Waals surface area contributed by atoms with Gasteiger partial charge in [0.2, 0.25) is 5.91 Å². The Hall–Kier alpha value is -1.59. The Balaban J connectivity index is 1.80. The summed E-state index contributed by atoms with van der Waals surface area (Å²) in [7, 11) is 1.66. The highest BCUT2D eigenvalue weighted by Crippen LogP contribution is 2.23. The second kappa shape index (κ2) is 8.00. The Labute approximate surface area is 126 Å². The fourth-order valence-electron chi connectivity index (χ4n) is 2.50. The Bertz CT molecular complexity index is 459. The molecule has 1 aliphatic heterocycles. The van der Waals surface area contributed by atoms with Gasteiger partial charge in [-0.05, 0) is 25.8 Å². The van der Waals surface area contributed by atoms with Gasteiger partial charge in [-0.3, -0.25) is 4.79 Å². The minimum atomic E-state index is 0.0312. The van der Waals surface area contributed by atoms with Crippen molar-refractivity contribution < 1.29 is 14.3 Å². The lowest BCUT2D eigenvalue weighted by molar-refractivity contribution is -0.121. The molecule has 1 aromatic carbocycles. The molecular weight excluding hydrogens is 268 g/mol. The van der Waals surface area contributed by atoms with Crippen LogP contribution >= 0.6 is 0 Å². The Morgan fingerprint density at radius 2 is 2.10 bits per heavy atom. The monoisotopic (exact) mass is 292 g/mol. The average molecular weight is 292 g/mol. The molecule has 116 valence electrons. The van der Waals surface area contributed by atoms with E-state index in [0.717, 1.165) is 37.4 Å². The van der Waals surface area contributed by atoms with E-state index in [0.29, 0.717) is 6.54 Å². The van der Waals surface area contributed by atoms with Crippen molar-refractivity contribution in [1.29, 1.82) is 0 Å². The quantitative estimate of drug-likeness (QED) is 0.837. The number of carbonyl (C=O) groups is 1. The number of amides is 1. The molecule has 0 bridgehead atoms. The van der Waals surface area contributed by atoms with Crippen molar-refractivity contribution in [3.63, 3.8) is 0 Å². The first kappa shape index (κ1) is 15.8. The number of rotatable bonds is 6. The van der Waals surface area contributed by atoms with Crippen LogP contribution in [0.25, 0.3) is 0 Å². The lowest BCUT2D eigenvalue weighted by Crippen LogP contribution is -2.43. The van der Waals surface area contributed by atoms with E-state index >= 15 is 0 Å². The van der Waals surface area contributed by atoms with Crippen LogP contribution in [0, 0.1) is 0 Å². The summed E-state index contributed by atoms with van der Waals surface area (Å²) in [6, 6.07) is 8.14. The predicted octanol–water partition coefficient (Wildman–Crippen LogP) is 1.64. The minimum Gasteiger partial charge on any atom is -0.496 e. The van der Waals surface area contributed by atoms with Gasteiger partial charge < -0.3 is 20.1 Å². The van der Waals surface area contributed by atoms with Crippen LogP contribution in [0.1, 0.15) is 31.4 Å². The van der Waals surface area contributed by atoms with Gasteiger partial charge in [0.25, 0.3) is 0 Å². The van der Waals surface area contributed by atoms with E-state index in [4.69, 9.17) is 9.47 Å². The lowest BCUT2D eigenvalue weighted by atomic mass is 10.1. The van der Waals surface area contributed by atoms with E-state index in [1.165, 1.54) is 0 Å². The molecule has 1 saturated heterocycles. The highest BCUT2D eigenvalue weighted by atomic mass is 16.5. The summed E-state index contributed by atoms with van der Waals surface area (Å²) in [5.41, 5.74) is 1.05. The fraction of sp³-hybridized carbons (Fsp3) is 0.562. The molecule has 2 rings (SSSR count). The maximum atomic E-state index is 12.0. The summed E-state index contributed by atoms with van der Waals surface area (Å²) < 4.78 is 10.6. The van der Waals surface area contributed by atoms with Crippen molar-refractivity contribution in [3.05, 3.63) is 29.8 Å². The molecule has 1 atom stereocenters. The molecule has 2 N–H and O–H groups in total. The highest BCUT2D eigenvalue weighted by Gasteiger charge is 2.17. The first-order chi connectivity index (χ1) is 10.2.